The summed E-state index contributed by atoms with van der Waals surface area (Å²) in [6, 6.07) is 4.92. The van der Waals surface area contributed by atoms with Gasteiger partial charge >= 0.3 is 0 Å². The van der Waals surface area contributed by atoms with Crippen LogP contribution in [0.15, 0.2) is 23.2 Å². The minimum absolute atomic E-state index is 0.155. The number of nitrogens with zero attached hydrogens (tertiary/aromatic N) is 3. The first-order valence-electron chi connectivity index (χ1n) is 9.74. The molecule has 150 valence electrons. The number of rotatable bonds is 7. The summed E-state index contributed by atoms with van der Waals surface area (Å²) in [5.41, 5.74) is 2.12. The van der Waals surface area contributed by atoms with E-state index in [1.54, 1.807) is 13.0 Å². The molecule has 1 aliphatic heterocycles. The summed E-state index contributed by atoms with van der Waals surface area (Å²) in [7, 11) is 0. The highest BCUT2D eigenvalue weighted by atomic mass is 19.1. The van der Waals surface area contributed by atoms with E-state index in [0.717, 1.165) is 69.3 Å². The van der Waals surface area contributed by atoms with E-state index in [9.17, 15) is 9.18 Å². The Kier molecular flexibility index (Phi) is 8.51. The smallest absolute Gasteiger partial charge is 0.219 e. The third kappa shape index (κ3) is 7.17. The second-order valence-corrected chi connectivity index (χ2v) is 6.86. The molecule has 1 aromatic rings. The van der Waals surface area contributed by atoms with Crippen LogP contribution in [0, 0.1) is 12.7 Å². The van der Waals surface area contributed by atoms with Gasteiger partial charge in [0, 0.05) is 52.7 Å². The molecular weight excluding hydrogens is 345 g/mol. The summed E-state index contributed by atoms with van der Waals surface area (Å²) in [4.78, 5) is 20.2. The van der Waals surface area contributed by atoms with Gasteiger partial charge < -0.3 is 15.5 Å². The molecule has 0 radical (unpaired) electrons. The van der Waals surface area contributed by atoms with Crippen molar-refractivity contribution in [2.24, 2.45) is 4.99 Å². The Morgan fingerprint density at radius 3 is 2.59 bits per heavy atom. The maximum atomic E-state index is 13.2. The third-order valence-corrected chi connectivity index (χ3v) is 4.84. The first-order valence-corrected chi connectivity index (χ1v) is 9.74. The van der Waals surface area contributed by atoms with Crippen LogP contribution in [0.3, 0.4) is 0 Å². The molecule has 7 heteroatoms. The highest BCUT2D eigenvalue weighted by Crippen LogP contribution is 2.10. The standard InChI is InChI=1S/C20H32FN5O/c1-4-22-20(23-8-7-18-5-6-19(21)15-16(18)2)24-9-10-25-11-13-26(14-12-25)17(3)27/h5-6,15H,4,7-14H2,1-3H3,(H2,22,23,24). The fraction of sp³-hybridized carbons (Fsp3) is 0.600. The van der Waals surface area contributed by atoms with Gasteiger partial charge in [0.1, 0.15) is 5.82 Å². The molecule has 0 saturated carbocycles. The Morgan fingerprint density at radius 1 is 1.22 bits per heavy atom. The number of halogens is 1. The Bertz CT molecular complexity index is 641. The normalized spacial score (nSPS) is 15.7. The van der Waals surface area contributed by atoms with E-state index in [1.807, 2.05) is 24.8 Å². The van der Waals surface area contributed by atoms with Crippen molar-refractivity contribution in [3.63, 3.8) is 0 Å². The van der Waals surface area contributed by atoms with E-state index >= 15 is 0 Å². The minimum atomic E-state index is -0.191. The van der Waals surface area contributed by atoms with Crippen molar-refractivity contribution >= 4 is 11.9 Å². The minimum Gasteiger partial charge on any atom is -0.357 e. The summed E-state index contributed by atoms with van der Waals surface area (Å²) in [5.74, 6) is 0.769. The predicted octanol–water partition coefficient (Wildman–Crippen LogP) is 1.40. The molecule has 2 N–H and O–H groups in total. The Balaban J connectivity index is 1.74. The Hall–Kier alpha value is -2.15. The number of piperazine rings is 1. The van der Waals surface area contributed by atoms with Crippen molar-refractivity contribution in [2.45, 2.75) is 27.2 Å². The molecule has 2 rings (SSSR count). The Morgan fingerprint density at radius 2 is 1.96 bits per heavy atom. The highest BCUT2D eigenvalue weighted by molar-refractivity contribution is 5.79. The van der Waals surface area contributed by atoms with Crippen LogP contribution in [-0.2, 0) is 11.2 Å². The molecule has 27 heavy (non-hydrogen) atoms. The highest BCUT2D eigenvalue weighted by Gasteiger charge is 2.17. The van der Waals surface area contributed by atoms with Crippen LogP contribution in [0.4, 0.5) is 4.39 Å². The lowest BCUT2D eigenvalue weighted by molar-refractivity contribution is -0.130. The maximum absolute atomic E-state index is 13.2. The number of benzene rings is 1. The van der Waals surface area contributed by atoms with Gasteiger partial charge in [0.25, 0.3) is 0 Å². The number of carbonyl (C=O) groups excluding carboxylic acids is 1. The van der Waals surface area contributed by atoms with Crippen LogP contribution in [0.1, 0.15) is 25.0 Å². The second-order valence-electron chi connectivity index (χ2n) is 6.86. The zero-order chi connectivity index (χ0) is 19.6. The van der Waals surface area contributed by atoms with Crippen molar-refractivity contribution in [1.82, 2.24) is 20.4 Å². The largest absolute Gasteiger partial charge is 0.357 e. The number of hydrogen-bond acceptors (Lipinski definition) is 3. The molecule has 1 heterocycles. The lowest BCUT2D eigenvalue weighted by atomic mass is 10.1. The quantitative estimate of drug-likeness (QED) is 0.557. The number of hydrogen-bond donors (Lipinski definition) is 2. The van der Waals surface area contributed by atoms with Crippen molar-refractivity contribution in [2.75, 3.05) is 52.4 Å². The fourth-order valence-corrected chi connectivity index (χ4v) is 3.19. The summed E-state index contributed by atoms with van der Waals surface area (Å²) in [5, 5.41) is 6.60. The van der Waals surface area contributed by atoms with Crippen molar-refractivity contribution in [3.05, 3.63) is 35.1 Å². The Labute approximate surface area is 161 Å². The van der Waals surface area contributed by atoms with Gasteiger partial charge in [-0.2, -0.15) is 0 Å². The molecule has 1 aromatic carbocycles. The summed E-state index contributed by atoms with van der Waals surface area (Å²) >= 11 is 0. The average molecular weight is 378 g/mol. The van der Waals surface area contributed by atoms with E-state index in [1.165, 1.54) is 6.07 Å². The molecule has 1 amide bonds. The van der Waals surface area contributed by atoms with Crippen LogP contribution in [0.5, 0.6) is 0 Å². The van der Waals surface area contributed by atoms with Crippen molar-refractivity contribution in [3.8, 4) is 0 Å². The number of carbonyl (C=O) groups is 1. The lowest BCUT2D eigenvalue weighted by Gasteiger charge is -2.33. The molecule has 6 nitrogen and oxygen atoms in total. The zero-order valence-corrected chi connectivity index (χ0v) is 16.7. The van der Waals surface area contributed by atoms with Crippen LogP contribution in [-0.4, -0.2) is 74.0 Å². The third-order valence-electron chi connectivity index (χ3n) is 4.84. The van der Waals surface area contributed by atoms with E-state index in [4.69, 9.17) is 0 Å². The number of amides is 1. The summed E-state index contributed by atoms with van der Waals surface area (Å²) in [6.07, 6.45) is 0.823. The molecule has 1 aliphatic rings. The molecular formula is C20H32FN5O. The lowest BCUT2D eigenvalue weighted by Crippen LogP contribution is -2.48. The average Bonchev–Trinajstić information content (AvgIpc) is 2.64. The predicted molar refractivity (Wildman–Crippen MR) is 108 cm³/mol. The molecule has 1 saturated heterocycles. The molecule has 0 unspecified atom stereocenters. The second kappa shape index (κ2) is 10.9. The van der Waals surface area contributed by atoms with Crippen LogP contribution < -0.4 is 10.6 Å². The van der Waals surface area contributed by atoms with E-state index < -0.39 is 0 Å². The number of aryl methyl sites for hydroxylation is 1. The van der Waals surface area contributed by atoms with Gasteiger partial charge in [0.2, 0.25) is 5.91 Å². The van der Waals surface area contributed by atoms with Gasteiger partial charge in [-0.25, -0.2) is 4.39 Å². The first kappa shape index (κ1) is 21.2. The number of nitrogens with one attached hydrogen (secondary N) is 2. The zero-order valence-electron chi connectivity index (χ0n) is 16.7. The molecule has 1 fully saturated rings. The van der Waals surface area contributed by atoms with Crippen LogP contribution >= 0.6 is 0 Å². The van der Waals surface area contributed by atoms with E-state index in [-0.39, 0.29) is 11.7 Å². The maximum Gasteiger partial charge on any atom is 0.219 e. The monoisotopic (exact) mass is 377 g/mol. The molecule has 0 atom stereocenters. The number of guanidine groups is 1. The van der Waals surface area contributed by atoms with Gasteiger partial charge in [-0.15, -0.1) is 0 Å². The summed E-state index contributed by atoms with van der Waals surface area (Å²) in [6.45, 7) is 12.2. The van der Waals surface area contributed by atoms with Gasteiger partial charge in [-0.05, 0) is 43.5 Å². The van der Waals surface area contributed by atoms with Crippen LogP contribution in [0.25, 0.3) is 0 Å². The molecule has 0 aromatic heterocycles. The van der Waals surface area contributed by atoms with Gasteiger partial charge in [0.15, 0.2) is 5.96 Å². The van der Waals surface area contributed by atoms with Crippen molar-refractivity contribution in [1.29, 1.82) is 0 Å². The van der Waals surface area contributed by atoms with Gasteiger partial charge in [-0.3, -0.25) is 14.7 Å². The van der Waals surface area contributed by atoms with Crippen molar-refractivity contribution < 1.29 is 9.18 Å². The SMILES string of the molecule is CCNC(=NCCN1CCN(C(C)=O)CC1)NCCc1ccc(F)cc1C. The van der Waals surface area contributed by atoms with E-state index in [2.05, 4.69) is 20.5 Å². The topological polar surface area (TPSA) is 60.0 Å². The number of aliphatic imine (C=N–C) groups is 1. The van der Waals surface area contributed by atoms with Crippen LogP contribution in [0.2, 0.25) is 0 Å². The molecule has 0 bridgehead atoms. The summed E-state index contributed by atoms with van der Waals surface area (Å²) < 4.78 is 13.2. The van der Waals surface area contributed by atoms with Gasteiger partial charge in [-0.1, -0.05) is 6.07 Å². The molecule has 0 spiro atoms. The molecule has 0 aliphatic carbocycles. The van der Waals surface area contributed by atoms with Gasteiger partial charge in [0.05, 0.1) is 6.54 Å². The fourth-order valence-electron chi connectivity index (χ4n) is 3.19. The first-order chi connectivity index (χ1) is 13.0. The van der Waals surface area contributed by atoms with E-state index in [0.29, 0.717) is 6.54 Å².